The molecule has 2 aromatic rings. The van der Waals surface area contributed by atoms with Gasteiger partial charge in [-0.2, -0.15) is 0 Å². The summed E-state index contributed by atoms with van der Waals surface area (Å²) in [7, 11) is 1.78. The molecular weight excluding hydrogens is 340 g/mol. The first-order valence-corrected chi connectivity index (χ1v) is 9.56. The first-order valence-electron chi connectivity index (χ1n) is 9.56. The zero-order valence-corrected chi connectivity index (χ0v) is 16.1. The van der Waals surface area contributed by atoms with Crippen LogP contribution in [0.3, 0.4) is 0 Å². The molecule has 1 heterocycles. The fourth-order valence-electron chi connectivity index (χ4n) is 3.43. The third-order valence-corrected chi connectivity index (χ3v) is 4.91. The van der Waals surface area contributed by atoms with Crippen LogP contribution >= 0.6 is 0 Å². The number of amides is 1. The minimum absolute atomic E-state index is 0.214. The van der Waals surface area contributed by atoms with Crippen molar-refractivity contribution in [2.24, 2.45) is 4.99 Å². The van der Waals surface area contributed by atoms with Crippen LogP contribution in [0.5, 0.6) is 0 Å². The van der Waals surface area contributed by atoms with Crippen molar-refractivity contribution in [1.82, 2.24) is 15.5 Å². The van der Waals surface area contributed by atoms with Gasteiger partial charge in [-0.05, 0) is 36.1 Å². The molecule has 2 aromatic carbocycles. The van der Waals surface area contributed by atoms with Gasteiger partial charge in [0, 0.05) is 32.7 Å². The molecule has 0 aromatic heterocycles. The second-order valence-electron chi connectivity index (χ2n) is 6.67. The van der Waals surface area contributed by atoms with Crippen LogP contribution in [-0.4, -0.2) is 49.7 Å². The van der Waals surface area contributed by atoms with Crippen molar-refractivity contribution >= 4 is 22.8 Å². The Morgan fingerprint density at radius 1 is 1.19 bits per heavy atom. The van der Waals surface area contributed by atoms with Gasteiger partial charge in [0.05, 0.1) is 6.61 Å². The quantitative estimate of drug-likeness (QED) is 0.643. The number of hydrogen-bond acceptors (Lipinski definition) is 3. The van der Waals surface area contributed by atoms with Crippen molar-refractivity contribution in [3.8, 4) is 0 Å². The van der Waals surface area contributed by atoms with E-state index in [1.807, 2.05) is 6.92 Å². The molecule has 0 bridgehead atoms. The molecule has 1 aliphatic rings. The number of carbonyl (C=O) groups excluding carboxylic acids is 1. The Kier molecular flexibility index (Phi) is 6.52. The van der Waals surface area contributed by atoms with Gasteiger partial charge in [-0.3, -0.25) is 4.99 Å². The molecule has 1 aliphatic heterocycles. The Morgan fingerprint density at radius 2 is 1.93 bits per heavy atom. The molecule has 2 N–H and O–H groups in total. The second-order valence-corrected chi connectivity index (χ2v) is 6.67. The van der Waals surface area contributed by atoms with Crippen molar-refractivity contribution in [1.29, 1.82) is 0 Å². The maximum atomic E-state index is 11.8. The largest absolute Gasteiger partial charge is 0.450 e. The lowest BCUT2D eigenvalue weighted by Crippen LogP contribution is -2.49. The summed E-state index contributed by atoms with van der Waals surface area (Å²) in [6, 6.07) is 15.1. The molecule has 1 fully saturated rings. The van der Waals surface area contributed by atoms with Gasteiger partial charge in [0.2, 0.25) is 0 Å². The maximum Gasteiger partial charge on any atom is 0.409 e. The minimum atomic E-state index is -0.214. The first kappa shape index (κ1) is 19.0. The predicted molar refractivity (Wildman–Crippen MR) is 109 cm³/mol. The van der Waals surface area contributed by atoms with E-state index in [2.05, 4.69) is 58.1 Å². The molecular formula is C21H28N4O2. The highest BCUT2D eigenvalue weighted by Gasteiger charge is 2.24. The van der Waals surface area contributed by atoms with Gasteiger partial charge in [-0.15, -0.1) is 0 Å². The van der Waals surface area contributed by atoms with Gasteiger partial charge in [0.15, 0.2) is 5.96 Å². The van der Waals surface area contributed by atoms with Crippen LogP contribution < -0.4 is 10.6 Å². The SMILES string of the molecule is CCOC(=O)N1CCC(NC(=NC)NCc2cccc3ccccc23)CC1. The lowest BCUT2D eigenvalue weighted by atomic mass is 10.0. The molecule has 0 saturated carbocycles. The summed E-state index contributed by atoms with van der Waals surface area (Å²) < 4.78 is 5.07. The molecule has 6 heteroatoms. The number of aliphatic imine (C=N–C) groups is 1. The van der Waals surface area contributed by atoms with E-state index < -0.39 is 0 Å². The highest BCUT2D eigenvalue weighted by molar-refractivity contribution is 5.86. The van der Waals surface area contributed by atoms with E-state index in [0.717, 1.165) is 18.8 Å². The number of nitrogens with one attached hydrogen (secondary N) is 2. The Labute approximate surface area is 160 Å². The molecule has 0 spiro atoms. The number of guanidine groups is 1. The molecule has 27 heavy (non-hydrogen) atoms. The second kappa shape index (κ2) is 9.26. The van der Waals surface area contributed by atoms with Crippen LogP contribution in [0.25, 0.3) is 10.8 Å². The molecule has 1 amide bonds. The molecule has 1 saturated heterocycles. The summed E-state index contributed by atoms with van der Waals surface area (Å²) in [5.41, 5.74) is 1.24. The number of benzene rings is 2. The zero-order valence-electron chi connectivity index (χ0n) is 16.1. The van der Waals surface area contributed by atoms with Crippen LogP contribution in [0.1, 0.15) is 25.3 Å². The van der Waals surface area contributed by atoms with E-state index >= 15 is 0 Å². The Morgan fingerprint density at radius 3 is 2.67 bits per heavy atom. The summed E-state index contributed by atoms with van der Waals surface area (Å²) in [6.45, 7) is 4.37. The smallest absolute Gasteiger partial charge is 0.409 e. The summed E-state index contributed by atoms with van der Waals surface area (Å²) in [5, 5.41) is 9.39. The predicted octanol–water partition coefficient (Wildman–Crippen LogP) is 3.13. The van der Waals surface area contributed by atoms with Gasteiger partial charge >= 0.3 is 6.09 Å². The van der Waals surface area contributed by atoms with Gasteiger partial charge in [-0.1, -0.05) is 42.5 Å². The van der Waals surface area contributed by atoms with Crippen LogP contribution in [0.4, 0.5) is 4.79 Å². The lowest BCUT2D eigenvalue weighted by molar-refractivity contribution is 0.0963. The van der Waals surface area contributed by atoms with Crippen LogP contribution in [0.15, 0.2) is 47.5 Å². The number of fused-ring (bicyclic) bond motifs is 1. The van der Waals surface area contributed by atoms with Crippen LogP contribution in [0, 0.1) is 0 Å². The van der Waals surface area contributed by atoms with Crippen molar-refractivity contribution in [2.75, 3.05) is 26.7 Å². The summed E-state index contributed by atoms with van der Waals surface area (Å²) in [6.07, 6.45) is 1.55. The normalized spacial score (nSPS) is 15.6. The third-order valence-electron chi connectivity index (χ3n) is 4.91. The number of nitrogens with zero attached hydrogens (tertiary/aromatic N) is 2. The average molecular weight is 368 g/mol. The Balaban J connectivity index is 1.52. The van der Waals surface area contributed by atoms with Gasteiger partial charge < -0.3 is 20.3 Å². The summed E-state index contributed by atoms with van der Waals surface area (Å²) in [5.74, 6) is 0.789. The van der Waals surface area contributed by atoms with Crippen molar-refractivity contribution in [2.45, 2.75) is 32.4 Å². The molecule has 6 nitrogen and oxygen atoms in total. The van der Waals surface area contributed by atoms with E-state index in [9.17, 15) is 4.79 Å². The van der Waals surface area contributed by atoms with Crippen molar-refractivity contribution in [3.63, 3.8) is 0 Å². The molecule has 0 aliphatic carbocycles. The zero-order chi connectivity index (χ0) is 19.1. The number of carbonyl (C=O) groups is 1. The molecule has 0 unspecified atom stereocenters. The molecule has 0 radical (unpaired) electrons. The number of rotatable bonds is 4. The highest BCUT2D eigenvalue weighted by Crippen LogP contribution is 2.18. The maximum absolute atomic E-state index is 11.8. The standard InChI is InChI=1S/C21H28N4O2/c1-3-27-21(26)25-13-11-18(12-14-25)24-20(22-2)23-15-17-9-6-8-16-7-4-5-10-19(16)17/h4-10,18H,3,11-15H2,1-2H3,(H2,22,23,24). The number of likely N-dealkylation sites (tertiary alicyclic amines) is 1. The van der Waals surface area contributed by atoms with Gasteiger partial charge in [0.25, 0.3) is 0 Å². The highest BCUT2D eigenvalue weighted by atomic mass is 16.6. The fourth-order valence-corrected chi connectivity index (χ4v) is 3.43. The molecule has 0 atom stereocenters. The number of ether oxygens (including phenoxy) is 1. The van der Waals surface area contributed by atoms with E-state index in [0.29, 0.717) is 32.3 Å². The summed E-state index contributed by atoms with van der Waals surface area (Å²) in [4.78, 5) is 17.9. The topological polar surface area (TPSA) is 66.0 Å². The van der Waals surface area contributed by atoms with E-state index in [1.165, 1.54) is 16.3 Å². The average Bonchev–Trinajstić information content (AvgIpc) is 2.71. The van der Waals surface area contributed by atoms with Gasteiger partial charge in [0.1, 0.15) is 0 Å². The minimum Gasteiger partial charge on any atom is -0.450 e. The van der Waals surface area contributed by atoms with Crippen molar-refractivity contribution < 1.29 is 9.53 Å². The fraction of sp³-hybridized carbons (Fsp3) is 0.429. The molecule has 144 valence electrons. The number of hydrogen-bond donors (Lipinski definition) is 2. The van der Waals surface area contributed by atoms with Crippen LogP contribution in [0.2, 0.25) is 0 Å². The van der Waals surface area contributed by atoms with E-state index in [-0.39, 0.29) is 6.09 Å². The van der Waals surface area contributed by atoms with E-state index in [1.54, 1.807) is 11.9 Å². The third kappa shape index (κ3) is 4.90. The van der Waals surface area contributed by atoms with Crippen molar-refractivity contribution in [3.05, 3.63) is 48.0 Å². The van der Waals surface area contributed by atoms with Gasteiger partial charge in [-0.25, -0.2) is 4.79 Å². The monoisotopic (exact) mass is 368 g/mol. The molecule has 3 rings (SSSR count). The summed E-state index contributed by atoms with van der Waals surface area (Å²) >= 11 is 0. The van der Waals surface area contributed by atoms with E-state index in [4.69, 9.17) is 4.74 Å². The van der Waals surface area contributed by atoms with Crippen LogP contribution in [-0.2, 0) is 11.3 Å². The Bertz CT molecular complexity index is 792. The number of piperidine rings is 1. The Hall–Kier alpha value is -2.76. The first-order chi connectivity index (χ1) is 13.2. The lowest BCUT2D eigenvalue weighted by Gasteiger charge is -2.32.